The van der Waals surface area contributed by atoms with Gasteiger partial charge in [-0.1, -0.05) is 37.3 Å². The molecule has 2 fully saturated rings. The van der Waals surface area contributed by atoms with Crippen LogP contribution in [0.2, 0.25) is 0 Å². The Labute approximate surface area is 128 Å². The molecule has 3 nitrogen and oxygen atoms in total. The number of carbonyl (C=O) groups is 1. The minimum Gasteiger partial charge on any atom is -0.341 e. The lowest BCUT2D eigenvalue weighted by Crippen LogP contribution is -2.36. The highest BCUT2D eigenvalue weighted by Crippen LogP contribution is 2.21. The average Bonchev–Trinajstić information content (AvgIpc) is 2.57. The molecule has 3 rings (SSSR count). The number of aryl methyl sites for hydroxylation is 1. The number of benzene rings is 1. The van der Waals surface area contributed by atoms with Crippen molar-refractivity contribution in [3.63, 3.8) is 0 Å². The first kappa shape index (κ1) is 16.0. The number of nitrogens with zero attached hydrogens (tertiary/aromatic N) is 2. The molecule has 3 heteroatoms. The molecule has 0 spiro atoms. The number of fused-ring (bicyclic) bond motifs is 2. The van der Waals surface area contributed by atoms with Crippen molar-refractivity contribution in [3.05, 3.63) is 35.4 Å². The van der Waals surface area contributed by atoms with Crippen molar-refractivity contribution < 1.29 is 4.79 Å². The van der Waals surface area contributed by atoms with Gasteiger partial charge in [0.1, 0.15) is 0 Å². The molecule has 116 valence electrons. The number of piperidine rings is 1. The Kier molecular flexibility index (Phi) is 5.40. The zero-order valence-electron chi connectivity index (χ0n) is 12.3. The first-order valence-electron chi connectivity index (χ1n) is 7.76. The predicted molar refractivity (Wildman–Crippen MR) is 87.4 cm³/mol. The summed E-state index contributed by atoms with van der Waals surface area (Å²) in [5, 5.41) is 0. The van der Waals surface area contributed by atoms with Crippen molar-refractivity contribution in [2.24, 2.45) is 5.92 Å². The van der Waals surface area contributed by atoms with Gasteiger partial charge in [0.2, 0.25) is 5.91 Å². The molecule has 2 unspecified atom stereocenters. The van der Waals surface area contributed by atoms with Gasteiger partial charge in [-0.2, -0.15) is 0 Å². The van der Waals surface area contributed by atoms with E-state index in [4.69, 9.17) is 0 Å². The Hall–Kier alpha value is -1.35. The molecule has 21 heavy (non-hydrogen) atoms. The van der Waals surface area contributed by atoms with Crippen LogP contribution in [0.1, 0.15) is 31.4 Å². The molecule has 2 heterocycles. The maximum Gasteiger partial charge on any atom is 0.227 e. The molecule has 0 N–H and O–H groups in total. The van der Waals surface area contributed by atoms with Crippen LogP contribution in [0.5, 0.6) is 0 Å². The SMILES string of the molecule is C.Cc1cccc(CC(=O)N2CCN3CCCC(C3)C2)c1. The molecule has 2 atom stereocenters. The maximum absolute atomic E-state index is 12.5. The summed E-state index contributed by atoms with van der Waals surface area (Å²) in [5.74, 6) is 0.983. The van der Waals surface area contributed by atoms with E-state index in [0.717, 1.165) is 25.2 Å². The van der Waals surface area contributed by atoms with E-state index >= 15 is 0 Å². The molecule has 1 amide bonds. The van der Waals surface area contributed by atoms with Gasteiger partial charge in [-0.3, -0.25) is 4.79 Å². The van der Waals surface area contributed by atoms with Gasteiger partial charge >= 0.3 is 0 Å². The summed E-state index contributed by atoms with van der Waals surface area (Å²) >= 11 is 0. The van der Waals surface area contributed by atoms with Crippen molar-refractivity contribution in [2.75, 3.05) is 32.7 Å². The van der Waals surface area contributed by atoms with Crippen molar-refractivity contribution in [1.29, 1.82) is 0 Å². The third kappa shape index (κ3) is 4.07. The maximum atomic E-state index is 12.5. The fraction of sp³-hybridized carbons (Fsp3) is 0.611. The van der Waals surface area contributed by atoms with E-state index in [1.807, 2.05) is 6.07 Å². The Balaban J connectivity index is 0.00000161. The number of hydrogen-bond donors (Lipinski definition) is 0. The highest BCUT2D eigenvalue weighted by atomic mass is 16.2. The van der Waals surface area contributed by atoms with Crippen LogP contribution in [0, 0.1) is 12.8 Å². The van der Waals surface area contributed by atoms with E-state index < -0.39 is 0 Å². The lowest BCUT2D eigenvalue weighted by Gasteiger charge is -2.29. The first-order chi connectivity index (χ1) is 9.70. The standard InChI is InChI=1S/C17H24N2O.CH4/c1-14-4-2-5-15(10-14)11-17(20)19-9-8-18-7-3-6-16(12-18)13-19;/h2,4-5,10,16H,3,6-9,11-13H2,1H3;1H4. The highest BCUT2D eigenvalue weighted by Gasteiger charge is 2.28. The molecule has 0 aliphatic carbocycles. The van der Waals surface area contributed by atoms with E-state index in [1.165, 1.54) is 31.5 Å². The Morgan fingerprint density at radius 3 is 2.90 bits per heavy atom. The lowest BCUT2D eigenvalue weighted by atomic mass is 9.98. The third-order valence-electron chi connectivity index (χ3n) is 4.56. The Morgan fingerprint density at radius 2 is 2.10 bits per heavy atom. The molecule has 1 aromatic rings. The second-order valence-electron chi connectivity index (χ2n) is 6.31. The second kappa shape index (κ2) is 7.08. The Bertz CT molecular complexity index is 486. The van der Waals surface area contributed by atoms with E-state index in [2.05, 4.69) is 34.9 Å². The van der Waals surface area contributed by atoms with Crippen molar-refractivity contribution in [1.82, 2.24) is 9.80 Å². The van der Waals surface area contributed by atoms with Gasteiger partial charge in [-0.25, -0.2) is 0 Å². The summed E-state index contributed by atoms with van der Waals surface area (Å²) in [5.41, 5.74) is 2.37. The molecule has 0 radical (unpaired) electrons. The quantitative estimate of drug-likeness (QED) is 0.835. The fourth-order valence-corrected chi connectivity index (χ4v) is 3.50. The van der Waals surface area contributed by atoms with Crippen LogP contribution in [0.15, 0.2) is 24.3 Å². The summed E-state index contributed by atoms with van der Waals surface area (Å²) in [6.07, 6.45) is 3.13. The molecule has 0 saturated carbocycles. The largest absolute Gasteiger partial charge is 0.341 e. The van der Waals surface area contributed by atoms with Crippen molar-refractivity contribution >= 4 is 5.91 Å². The average molecular weight is 288 g/mol. The topological polar surface area (TPSA) is 23.6 Å². The van der Waals surface area contributed by atoms with Gasteiger partial charge in [0.25, 0.3) is 0 Å². The number of carbonyl (C=O) groups excluding carboxylic acids is 1. The van der Waals surface area contributed by atoms with Crippen LogP contribution in [0.3, 0.4) is 0 Å². The van der Waals surface area contributed by atoms with Crippen LogP contribution in [-0.2, 0) is 11.2 Å². The van der Waals surface area contributed by atoms with Crippen LogP contribution in [0.4, 0.5) is 0 Å². The molecule has 1 aromatic carbocycles. The normalized spacial score (nSPS) is 24.9. The summed E-state index contributed by atoms with van der Waals surface area (Å²) in [6.45, 7) is 7.40. The van der Waals surface area contributed by atoms with Gasteiger partial charge in [0.05, 0.1) is 6.42 Å². The summed E-state index contributed by atoms with van der Waals surface area (Å²) in [4.78, 5) is 17.1. The van der Waals surface area contributed by atoms with Crippen molar-refractivity contribution in [3.8, 4) is 0 Å². The van der Waals surface area contributed by atoms with Crippen LogP contribution < -0.4 is 0 Å². The van der Waals surface area contributed by atoms with Crippen LogP contribution >= 0.6 is 0 Å². The minimum absolute atomic E-state index is 0. The van der Waals surface area contributed by atoms with Crippen LogP contribution in [-0.4, -0.2) is 48.4 Å². The Morgan fingerprint density at radius 1 is 1.24 bits per heavy atom. The molecule has 2 aliphatic heterocycles. The smallest absolute Gasteiger partial charge is 0.227 e. The summed E-state index contributed by atoms with van der Waals surface area (Å²) in [6, 6.07) is 8.30. The molecular formula is C18H28N2O. The minimum atomic E-state index is 0. The second-order valence-corrected chi connectivity index (χ2v) is 6.31. The molecular weight excluding hydrogens is 260 g/mol. The number of rotatable bonds is 2. The van der Waals surface area contributed by atoms with Gasteiger partial charge < -0.3 is 9.80 Å². The first-order valence-corrected chi connectivity index (χ1v) is 7.76. The van der Waals surface area contributed by atoms with E-state index in [1.54, 1.807) is 0 Å². The zero-order chi connectivity index (χ0) is 13.9. The molecule has 2 bridgehead atoms. The number of amides is 1. The lowest BCUT2D eigenvalue weighted by molar-refractivity contribution is -0.130. The van der Waals surface area contributed by atoms with E-state index in [0.29, 0.717) is 18.2 Å². The van der Waals surface area contributed by atoms with E-state index in [9.17, 15) is 4.79 Å². The van der Waals surface area contributed by atoms with Crippen LogP contribution in [0.25, 0.3) is 0 Å². The monoisotopic (exact) mass is 288 g/mol. The number of hydrogen-bond acceptors (Lipinski definition) is 2. The molecule has 2 saturated heterocycles. The van der Waals surface area contributed by atoms with Gasteiger partial charge in [0, 0.05) is 26.2 Å². The van der Waals surface area contributed by atoms with Gasteiger partial charge in [-0.15, -0.1) is 0 Å². The van der Waals surface area contributed by atoms with E-state index in [-0.39, 0.29) is 7.43 Å². The van der Waals surface area contributed by atoms with Gasteiger partial charge in [-0.05, 0) is 37.8 Å². The van der Waals surface area contributed by atoms with Crippen molar-refractivity contribution in [2.45, 2.75) is 33.6 Å². The summed E-state index contributed by atoms with van der Waals surface area (Å²) in [7, 11) is 0. The third-order valence-corrected chi connectivity index (χ3v) is 4.56. The molecule has 0 aromatic heterocycles. The summed E-state index contributed by atoms with van der Waals surface area (Å²) < 4.78 is 0. The predicted octanol–water partition coefficient (Wildman–Crippen LogP) is 2.73. The fourth-order valence-electron chi connectivity index (χ4n) is 3.50. The molecule has 2 aliphatic rings. The van der Waals surface area contributed by atoms with Gasteiger partial charge in [0.15, 0.2) is 0 Å². The highest BCUT2D eigenvalue weighted by molar-refractivity contribution is 5.78. The zero-order valence-corrected chi connectivity index (χ0v) is 12.3.